The first-order valence-corrected chi connectivity index (χ1v) is 8.23. The van der Waals surface area contributed by atoms with Gasteiger partial charge in [0.25, 0.3) is 0 Å². The molecule has 2 aliphatic heterocycles. The lowest BCUT2D eigenvalue weighted by molar-refractivity contribution is -0.134. The summed E-state index contributed by atoms with van der Waals surface area (Å²) in [5, 5.41) is 0. The molecule has 0 aliphatic carbocycles. The molecule has 0 spiro atoms. The van der Waals surface area contributed by atoms with E-state index in [2.05, 4.69) is 0 Å². The van der Waals surface area contributed by atoms with E-state index in [-0.39, 0.29) is 18.3 Å². The molecule has 1 atom stereocenters. The molecular formula is C17H22FN3O3. The van der Waals surface area contributed by atoms with E-state index >= 15 is 0 Å². The first kappa shape index (κ1) is 16.5. The number of ether oxygens (including phenoxy) is 1. The van der Waals surface area contributed by atoms with Crippen molar-refractivity contribution in [1.82, 2.24) is 4.90 Å². The highest BCUT2D eigenvalue weighted by atomic mass is 19.1. The van der Waals surface area contributed by atoms with Crippen molar-refractivity contribution in [3.05, 3.63) is 24.0 Å². The van der Waals surface area contributed by atoms with Crippen molar-refractivity contribution in [2.24, 2.45) is 0 Å². The van der Waals surface area contributed by atoms with Crippen LogP contribution in [-0.2, 0) is 9.53 Å². The number of benzene rings is 1. The molecule has 0 radical (unpaired) electrons. The van der Waals surface area contributed by atoms with Crippen LogP contribution in [0.1, 0.15) is 26.2 Å². The Hall–Kier alpha value is -2.31. The topological polar surface area (TPSA) is 53.1 Å². The van der Waals surface area contributed by atoms with Crippen LogP contribution in [0.5, 0.6) is 0 Å². The molecule has 2 fully saturated rings. The van der Waals surface area contributed by atoms with Gasteiger partial charge in [0.15, 0.2) is 6.23 Å². The van der Waals surface area contributed by atoms with Crippen LogP contribution >= 0.6 is 0 Å². The Labute approximate surface area is 140 Å². The van der Waals surface area contributed by atoms with Crippen LogP contribution in [0.3, 0.4) is 0 Å². The summed E-state index contributed by atoms with van der Waals surface area (Å²) in [6.45, 7) is 3.31. The average molecular weight is 335 g/mol. The number of carbonyl (C=O) groups is 2. The van der Waals surface area contributed by atoms with E-state index in [1.54, 1.807) is 19.2 Å². The molecule has 0 aromatic heterocycles. The summed E-state index contributed by atoms with van der Waals surface area (Å²) in [6, 6.07) is 4.80. The molecule has 1 aromatic carbocycles. The zero-order valence-corrected chi connectivity index (χ0v) is 14.0. The predicted molar refractivity (Wildman–Crippen MR) is 88.5 cm³/mol. The molecule has 0 unspecified atom stereocenters. The second kappa shape index (κ2) is 6.67. The Balaban J connectivity index is 1.76. The predicted octanol–water partition coefficient (Wildman–Crippen LogP) is 2.58. The minimum absolute atomic E-state index is 0.192. The summed E-state index contributed by atoms with van der Waals surface area (Å²) in [5.41, 5.74) is 1.01. The van der Waals surface area contributed by atoms with Crippen LogP contribution in [0.2, 0.25) is 0 Å². The molecule has 2 heterocycles. The number of likely N-dealkylation sites (N-methyl/N-ethyl adjacent to an activating group) is 1. The van der Waals surface area contributed by atoms with E-state index < -0.39 is 12.3 Å². The maximum atomic E-state index is 14.5. The van der Waals surface area contributed by atoms with Gasteiger partial charge in [-0.05, 0) is 37.5 Å². The number of cyclic esters (lactones) is 1. The molecule has 2 saturated heterocycles. The van der Waals surface area contributed by atoms with Crippen LogP contribution in [-0.4, -0.2) is 49.8 Å². The van der Waals surface area contributed by atoms with Crippen molar-refractivity contribution in [2.75, 3.05) is 36.5 Å². The fraction of sp³-hybridized carbons (Fsp3) is 0.529. The highest BCUT2D eigenvalue weighted by Gasteiger charge is 2.36. The van der Waals surface area contributed by atoms with Gasteiger partial charge in [0, 0.05) is 27.1 Å². The highest BCUT2D eigenvalue weighted by molar-refractivity contribution is 5.90. The summed E-state index contributed by atoms with van der Waals surface area (Å²) < 4.78 is 19.7. The lowest BCUT2D eigenvalue weighted by Gasteiger charge is -2.29. The van der Waals surface area contributed by atoms with Crippen molar-refractivity contribution in [3.8, 4) is 0 Å². The number of anilines is 2. The maximum Gasteiger partial charge on any atom is 0.416 e. The molecular weight excluding hydrogens is 313 g/mol. The number of halogens is 1. The fourth-order valence-corrected chi connectivity index (χ4v) is 3.12. The zero-order chi connectivity index (χ0) is 17.3. The van der Waals surface area contributed by atoms with Gasteiger partial charge in [-0.15, -0.1) is 0 Å². The Kier molecular flexibility index (Phi) is 4.59. The summed E-state index contributed by atoms with van der Waals surface area (Å²) in [7, 11) is 1.57. The van der Waals surface area contributed by atoms with Gasteiger partial charge in [-0.1, -0.05) is 0 Å². The van der Waals surface area contributed by atoms with Crippen LogP contribution < -0.4 is 9.80 Å². The summed E-state index contributed by atoms with van der Waals surface area (Å²) in [6.07, 6.45) is 2.09. The number of hydrogen-bond donors (Lipinski definition) is 0. The van der Waals surface area contributed by atoms with Gasteiger partial charge in [0.1, 0.15) is 5.82 Å². The van der Waals surface area contributed by atoms with E-state index in [1.165, 1.54) is 29.2 Å². The third kappa shape index (κ3) is 3.16. The molecule has 2 aliphatic rings. The minimum Gasteiger partial charge on any atom is -0.423 e. The van der Waals surface area contributed by atoms with Crippen LogP contribution in [0.15, 0.2) is 18.2 Å². The third-order valence-electron chi connectivity index (χ3n) is 4.66. The number of nitrogens with zero attached hydrogens (tertiary/aromatic N) is 3. The molecule has 0 N–H and O–H groups in total. The van der Waals surface area contributed by atoms with Gasteiger partial charge in [0.05, 0.1) is 17.9 Å². The lowest BCUT2D eigenvalue weighted by Crippen LogP contribution is -2.38. The Morgan fingerprint density at radius 1 is 1.29 bits per heavy atom. The number of rotatable bonds is 3. The Morgan fingerprint density at radius 3 is 2.62 bits per heavy atom. The largest absolute Gasteiger partial charge is 0.423 e. The first-order valence-electron chi connectivity index (χ1n) is 8.23. The SMILES string of the molecule is CC(=O)N(C)[C@@H]1CN(c2ccc(N3CCCCC3)c(F)c2)C(=O)O1. The van der Waals surface area contributed by atoms with E-state index in [4.69, 9.17) is 4.74 Å². The zero-order valence-electron chi connectivity index (χ0n) is 14.0. The van der Waals surface area contributed by atoms with Gasteiger partial charge in [-0.25, -0.2) is 9.18 Å². The van der Waals surface area contributed by atoms with E-state index in [1.807, 2.05) is 4.90 Å². The number of amides is 2. The first-order chi connectivity index (χ1) is 11.5. The van der Waals surface area contributed by atoms with Crippen molar-refractivity contribution in [2.45, 2.75) is 32.4 Å². The van der Waals surface area contributed by atoms with Crippen LogP contribution in [0, 0.1) is 5.82 Å². The van der Waals surface area contributed by atoms with Gasteiger partial charge in [-0.3, -0.25) is 9.69 Å². The molecule has 0 saturated carbocycles. The van der Waals surface area contributed by atoms with Crippen LogP contribution in [0.25, 0.3) is 0 Å². The standard InChI is InChI=1S/C17H22FN3O3/c1-12(22)19(2)16-11-21(17(23)24-16)13-6-7-15(14(18)10-13)20-8-4-3-5-9-20/h6-7,10,16H,3-5,8-9,11H2,1-2H3/t16-/m0/s1. The Morgan fingerprint density at radius 2 is 2.00 bits per heavy atom. The second-order valence-electron chi connectivity index (χ2n) is 6.26. The normalized spacial score (nSPS) is 21.0. The molecule has 7 heteroatoms. The van der Waals surface area contributed by atoms with Crippen molar-refractivity contribution in [1.29, 1.82) is 0 Å². The van der Waals surface area contributed by atoms with E-state index in [0.717, 1.165) is 25.9 Å². The maximum absolute atomic E-state index is 14.5. The van der Waals surface area contributed by atoms with Crippen molar-refractivity contribution < 1.29 is 18.7 Å². The quantitative estimate of drug-likeness (QED) is 0.852. The second-order valence-corrected chi connectivity index (χ2v) is 6.26. The van der Waals surface area contributed by atoms with E-state index in [9.17, 15) is 14.0 Å². The minimum atomic E-state index is -0.653. The average Bonchev–Trinajstić information content (AvgIpc) is 2.96. The highest BCUT2D eigenvalue weighted by Crippen LogP contribution is 2.29. The van der Waals surface area contributed by atoms with Crippen molar-refractivity contribution in [3.63, 3.8) is 0 Å². The van der Waals surface area contributed by atoms with Gasteiger partial charge in [0.2, 0.25) is 5.91 Å². The number of hydrogen-bond acceptors (Lipinski definition) is 4. The molecule has 2 amide bonds. The molecule has 6 nitrogen and oxygen atoms in total. The molecule has 130 valence electrons. The van der Waals surface area contributed by atoms with Gasteiger partial charge >= 0.3 is 6.09 Å². The molecule has 24 heavy (non-hydrogen) atoms. The van der Waals surface area contributed by atoms with Gasteiger partial charge in [-0.2, -0.15) is 0 Å². The fourth-order valence-electron chi connectivity index (χ4n) is 3.12. The monoisotopic (exact) mass is 335 g/mol. The van der Waals surface area contributed by atoms with E-state index in [0.29, 0.717) is 11.4 Å². The lowest BCUT2D eigenvalue weighted by atomic mass is 10.1. The molecule has 3 rings (SSSR count). The summed E-state index contributed by atoms with van der Waals surface area (Å²) in [4.78, 5) is 28.2. The molecule has 0 bridgehead atoms. The Bertz CT molecular complexity index is 646. The summed E-state index contributed by atoms with van der Waals surface area (Å²) >= 11 is 0. The van der Waals surface area contributed by atoms with Crippen molar-refractivity contribution >= 4 is 23.4 Å². The third-order valence-corrected chi connectivity index (χ3v) is 4.66. The van der Waals surface area contributed by atoms with Gasteiger partial charge < -0.3 is 14.5 Å². The van der Waals surface area contributed by atoms with Crippen LogP contribution in [0.4, 0.5) is 20.6 Å². The summed E-state index contributed by atoms with van der Waals surface area (Å²) in [5.74, 6) is -0.535. The number of piperidine rings is 1. The molecule has 1 aromatic rings. The number of carbonyl (C=O) groups excluding carboxylic acids is 2. The smallest absolute Gasteiger partial charge is 0.416 e.